The average molecular weight is 365 g/mol. The number of hydrogen-bond acceptors (Lipinski definition) is 5. The first-order valence-corrected chi connectivity index (χ1v) is 8.91. The second kappa shape index (κ2) is 9.33. The fourth-order valence-electron chi connectivity index (χ4n) is 2.97. The van der Waals surface area contributed by atoms with Crippen molar-refractivity contribution in [3.8, 4) is 0 Å². The molecule has 3 unspecified atom stereocenters. The van der Waals surface area contributed by atoms with Crippen LogP contribution in [0.5, 0.6) is 0 Å². The van der Waals surface area contributed by atoms with Crippen molar-refractivity contribution in [3.63, 3.8) is 0 Å². The van der Waals surface area contributed by atoms with Crippen LogP contribution in [0.2, 0.25) is 0 Å². The second-order valence-corrected chi connectivity index (χ2v) is 7.02. The van der Waals surface area contributed by atoms with Crippen molar-refractivity contribution in [3.05, 3.63) is 18.2 Å². The van der Waals surface area contributed by atoms with Crippen LogP contribution >= 0.6 is 0 Å². The maximum absolute atomic E-state index is 12.6. The van der Waals surface area contributed by atoms with E-state index in [2.05, 4.69) is 25.9 Å². The van der Waals surface area contributed by atoms with Crippen molar-refractivity contribution in [2.45, 2.75) is 57.7 Å². The number of aromatic nitrogens is 2. The SMILES string of the molecule is CC(C)CC(NC(=O)C1CCCN1)C(=O)NC(Cc1cnc[nH]1)C(=O)O. The van der Waals surface area contributed by atoms with Gasteiger partial charge in [-0.15, -0.1) is 0 Å². The van der Waals surface area contributed by atoms with Crippen molar-refractivity contribution in [2.24, 2.45) is 5.92 Å². The van der Waals surface area contributed by atoms with Crippen molar-refractivity contribution >= 4 is 17.8 Å². The molecule has 2 rings (SSSR count). The number of aromatic amines is 1. The maximum Gasteiger partial charge on any atom is 0.326 e. The van der Waals surface area contributed by atoms with Crippen LogP contribution in [0.25, 0.3) is 0 Å². The molecule has 2 amide bonds. The lowest BCUT2D eigenvalue weighted by atomic mass is 10.0. The standard InChI is InChI=1S/C17H27N5O4/c1-10(2)6-13(21-15(23)12-4-3-5-19-12)16(24)22-14(17(25)26)7-11-8-18-9-20-11/h8-10,12-14,19H,3-7H2,1-2H3,(H,18,20)(H,21,23)(H,22,24)(H,25,26). The molecule has 1 aromatic rings. The van der Waals surface area contributed by atoms with E-state index in [1.54, 1.807) is 0 Å². The molecule has 0 aromatic carbocycles. The third-order valence-electron chi connectivity index (χ3n) is 4.31. The summed E-state index contributed by atoms with van der Waals surface area (Å²) in [5, 5.41) is 17.8. The Balaban J connectivity index is 2.01. The van der Waals surface area contributed by atoms with Gasteiger partial charge in [-0.05, 0) is 31.7 Å². The molecule has 1 fully saturated rings. The minimum absolute atomic E-state index is 0.0909. The molecule has 9 nitrogen and oxygen atoms in total. The summed E-state index contributed by atoms with van der Waals surface area (Å²) in [6.07, 6.45) is 5.14. The normalized spacial score (nSPS) is 19.1. The van der Waals surface area contributed by atoms with Gasteiger partial charge in [-0.1, -0.05) is 13.8 Å². The molecular formula is C17H27N5O4. The first-order valence-electron chi connectivity index (χ1n) is 8.91. The summed E-state index contributed by atoms with van der Waals surface area (Å²) in [6.45, 7) is 4.67. The van der Waals surface area contributed by atoms with Crippen LogP contribution in [0.15, 0.2) is 12.5 Å². The number of carboxylic acid groups (broad SMARTS) is 1. The number of carbonyl (C=O) groups is 3. The number of rotatable bonds is 9. The molecule has 26 heavy (non-hydrogen) atoms. The number of H-pyrrole nitrogens is 1. The van der Waals surface area contributed by atoms with Crippen LogP contribution in [0.4, 0.5) is 0 Å². The Morgan fingerprint density at radius 1 is 1.31 bits per heavy atom. The fraction of sp³-hybridized carbons (Fsp3) is 0.647. The highest BCUT2D eigenvalue weighted by atomic mass is 16.4. The third-order valence-corrected chi connectivity index (χ3v) is 4.31. The van der Waals surface area contributed by atoms with Gasteiger partial charge in [-0.2, -0.15) is 0 Å². The topological polar surface area (TPSA) is 136 Å². The minimum atomic E-state index is -1.14. The highest BCUT2D eigenvalue weighted by Crippen LogP contribution is 2.09. The molecule has 2 heterocycles. The van der Waals surface area contributed by atoms with E-state index in [1.807, 2.05) is 13.8 Å². The van der Waals surface area contributed by atoms with Gasteiger partial charge in [-0.25, -0.2) is 9.78 Å². The molecule has 9 heteroatoms. The van der Waals surface area contributed by atoms with Gasteiger partial charge in [0.1, 0.15) is 12.1 Å². The summed E-state index contributed by atoms with van der Waals surface area (Å²) in [5.74, 6) is -1.68. The van der Waals surface area contributed by atoms with E-state index in [4.69, 9.17) is 0 Å². The molecule has 3 atom stereocenters. The lowest BCUT2D eigenvalue weighted by Gasteiger charge is -2.24. The summed E-state index contributed by atoms with van der Waals surface area (Å²) in [7, 11) is 0. The summed E-state index contributed by atoms with van der Waals surface area (Å²) >= 11 is 0. The van der Waals surface area contributed by atoms with Crippen molar-refractivity contribution < 1.29 is 19.5 Å². The van der Waals surface area contributed by atoms with Gasteiger partial charge in [0.2, 0.25) is 11.8 Å². The van der Waals surface area contributed by atoms with Crippen LogP contribution in [-0.4, -0.2) is 57.5 Å². The Kier molecular flexibility index (Phi) is 7.14. The Hall–Kier alpha value is -2.42. The number of amides is 2. The first kappa shape index (κ1) is 19.9. The van der Waals surface area contributed by atoms with E-state index in [9.17, 15) is 19.5 Å². The molecule has 5 N–H and O–H groups in total. The number of aliphatic carboxylic acids is 1. The van der Waals surface area contributed by atoms with Crippen molar-refractivity contribution in [1.29, 1.82) is 0 Å². The summed E-state index contributed by atoms with van der Waals surface area (Å²) in [4.78, 5) is 43.1. The molecule has 0 aliphatic carbocycles. The van der Waals surface area contributed by atoms with Gasteiger partial charge in [0.25, 0.3) is 0 Å². The van der Waals surface area contributed by atoms with E-state index in [0.29, 0.717) is 12.1 Å². The summed E-state index contributed by atoms with van der Waals surface area (Å²) < 4.78 is 0. The monoisotopic (exact) mass is 365 g/mol. The number of nitrogens with zero attached hydrogens (tertiary/aromatic N) is 1. The zero-order chi connectivity index (χ0) is 19.1. The number of carboxylic acids is 1. The summed E-state index contributed by atoms with van der Waals surface area (Å²) in [6, 6.07) is -2.16. The molecule has 1 saturated heterocycles. The maximum atomic E-state index is 12.6. The van der Waals surface area contributed by atoms with Crippen molar-refractivity contribution in [2.75, 3.05) is 6.54 Å². The highest BCUT2D eigenvalue weighted by molar-refractivity contribution is 5.92. The number of carbonyl (C=O) groups excluding carboxylic acids is 2. The van der Waals surface area contributed by atoms with Crippen LogP contribution in [-0.2, 0) is 20.8 Å². The lowest BCUT2D eigenvalue weighted by molar-refractivity contribution is -0.142. The van der Waals surface area contributed by atoms with Gasteiger partial charge in [0.05, 0.1) is 12.4 Å². The molecule has 0 radical (unpaired) electrons. The highest BCUT2D eigenvalue weighted by Gasteiger charge is 2.30. The third kappa shape index (κ3) is 5.83. The second-order valence-electron chi connectivity index (χ2n) is 7.02. The van der Waals surface area contributed by atoms with E-state index < -0.39 is 24.0 Å². The van der Waals surface area contributed by atoms with Gasteiger partial charge >= 0.3 is 5.97 Å². The molecule has 0 bridgehead atoms. The minimum Gasteiger partial charge on any atom is -0.480 e. The number of hydrogen-bond donors (Lipinski definition) is 5. The molecule has 1 aliphatic rings. The smallest absolute Gasteiger partial charge is 0.326 e. The number of imidazole rings is 1. The Labute approximate surface area is 152 Å². The predicted octanol–water partition coefficient (Wildman–Crippen LogP) is -0.195. The van der Waals surface area contributed by atoms with E-state index in [0.717, 1.165) is 19.4 Å². The molecule has 144 valence electrons. The average Bonchev–Trinajstić information content (AvgIpc) is 3.26. The van der Waals surface area contributed by atoms with Gasteiger partial charge in [0, 0.05) is 18.3 Å². The first-order chi connectivity index (χ1) is 12.4. The van der Waals surface area contributed by atoms with Crippen LogP contribution < -0.4 is 16.0 Å². The van der Waals surface area contributed by atoms with Crippen molar-refractivity contribution in [1.82, 2.24) is 25.9 Å². The Bertz CT molecular complexity index is 611. The molecule has 0 saturated carbocycles. The Morgan fingerprint density at radius 2 is 2.08 bits per heavy atom. The van der Waals surface area contributed by atoms with Gasteiger partial charge < -0.3 is 26.0 Å². The molecule has 1 aromatic heterocycles. The lowest BCUT2D eigenvalue weighted by Crippen LogP contribution is -2.55. The van der Waals surface area contributed by atoms with E-state index >= 15 is 0 Å². The van der Waals surface area contributed by atoms with Gasteiger partial charge in [-0.3, -0.25) is 9.59 Å². The summed E-state index contributed by atoms with van der Waals surface area (Å²) in [5.41, 5.74) is 0.609. The Morgan fingerprint density at radius 3 is 2.62 bits per heavy atom. The fourth-order valence-corrected chi connectivity index (χ4v) is 2.97. The van der Waals surface area contributed by atoms with E-state index in [1.165, 1.54) is 12.5 Å². The molecular weight excluding hydrogens is 338 g/mol. The quantitative estimate of drug-likeness (QED) is 0.411. The number of nitrogens with one attached hydrogen (secondary N) is 4. The van der Waals surface area contributed by atoms with Crippen LogP contribution in [0, 0.1) is 5.92 Å². The predicted molar refractivity (Wildman–Crippen MR) is 94.3 cm³/mol. The van der Waals surface area contributed by atoms with Gasteiger partial charge in [0.15, 0.2) is 0 Å². The van der Waals surface area contributed by atoms with Crippen LogP contribution in [0.1, 0.15) is 38.8 Å². The molecule has 0 spiro atoms. The van der Waals surface area contributed by atoms with E-state index in [-0.39, 0.29) is 24.3 Å². The largest absolute Gasteiger partial charge is 0.480 e. The zero-order valence-corrected chi connectivity index (χ0v) is 15.1. The zero-order valence-electron chi connectivity index (χ0n) is 15.1. The van der Waals surface area contributed by atoms with Crippen LogP contribution in [0.3, 0.4) is 0 Å². The molecule has 1 aliphatic heterocycles.